The number of methoxy groups -OCH3 is 1. The molecule has 0 aliphatic rings. The molecule has 0 bridgehead atoms. The topological polar surface area (TPSA) is 85.5 Å². The minimum Gasteiger partial charge on any atom is -0.465 e. The van der Waals surface area contributed by atoms with E-state index in [0.29, 0.717) is 16.8 Å². The zero-order valence-electron chi connectivity index (χ0n) is 13.7. The summed E-state index contributed by atoms with van der Waals surface area (Å²) in [6, 6.07) is 4.25. The Morgan fingerprint density at radius 2 is 1.64 bits per heavy atom. The first-order chi connectivity index (χ1) is 11.7. The largest absolute Gasteiger partial charge is 0.465 e. The van der Waals surface area contributed by atoms with Gasteiger partial charge in [0.15, 0.2) is 6.61 Å². The van der Waals surface area contributed by atoms with Gasteiger partial charge in [0.1, 0.15) is 0 Å². The monoisotopic (exact) mass is 383 g/mol. The van der Waals surface area contributed by atoms with Gasteiger partial charge in [-0.3, -0.25) is 4.79 Å². The molecule has 2 aromatic rings. The van der Waals surface area contributed by atoms with Crippen LogP contribution in [0, 0.1) is 13.8 Å². The predicted octanol–water partition coefficient (Wildman–Crippen LogP) is 3.76. The molecular formula is C17H15Cl2NO5. The molecule has 1 N–H and O–H groups in total. The molecule has 1 heterocycles. The molecule has 1 aromatic carbocycles. The summed E-state index contributed by atoms with van der Waals surface area (Å²) < 4.78 is 9.69. The molecule has 132 valence electrons. The van der Waals surface area contributed by atoms with Crippen molar-refractivity contribution in [3.8, 4) is 0 Å². The lowest BCUT2D eigenvalue weighted by atomic mass is 10.1. The molecular weight excluding hydrogens is 369 g/mol. The summed E-state index contributed by atoms with van der Waals surface area (Å²) >= 11 is 11.7. The van der Waals surface area contributed by atoms with Crippen LogP contribution >= 0.6 is 23.2 Å². The second-order valence-corrected chi connectivity index (χ2v) is 6.15. The van der Waals surface area contributed by atoms with Crippen molar-refractivity contribution in [2.24, 2.45) is 0 Å². The highest BCUT2D eigenvalue weighted by atomic mass is 35.5. The van der Waals surface area contributed by atoms with E-state index >= 15 is 0 Å². The van der Waals surface area contributed by atoms with E-state index in [9.17, 15) is 14.4 Å². The number of H-pyrrole nitrogens is 1. The lowest BCUT2D eigenvalue weighted by Crippen LogP contribution is -2.15. The minimum atomic E-state index is -0.730. The standard InChI is InChI=1S/C17H15Cl2NO5/c1-8-14(17(23)24-3)9(2)20-15(8)13(21)7-25-16(22)10-4-11(18)6-12(19)5-10/h4-6,20H,7H2,1-3H3. The maximum absolute atomic E-state index is 12.3. The molecule has 0 aliphatic carbocycles. The van der Waals surface area contributed by atoms with Gasteiger partial charge >= 0.3 is 11.9 Å². The average Bonchev–Trinajstić information content (AvgIpc) is 2.85. The minimum absolute atomic E-state index is 0.139. The van der Waals surface area contributed by atoms with Crippen molar-refractivity contribution in [2.45, 2.75) is 13.8 Å². The number of ketones is 1. The summed E-state index contributed by atoms with van der Waals surface area (Å²) in [5.74, 6) is -1.75. The number of rotatable bonds is 5. The summed E-state index contributed by atoms with van der Waals surface area (Å²) in [5, 5.41) is 0.564. The second kappa shape index (κ2) is 7.72. The first-order valence-corrected chi connectivity index (χ1v) is 7.94. The zero-order valence-corrected chi connectivity index (χ0v) is 15.2. The Morgan fingerprint density at radius 1 is 1.04 bits per heavy atom. The fraction of sp³-hybridized carbons (Fsp3) is 0.235. The van der Waals surface area contributed by atoms with E-state index in [1.165, 1.54) is 25.3 Å². The number of halogens is 2. The van der Waals surface area contributed by atoms with Gasteiger partial charge in [0.25, 0.3) is 0 Å². The summed E-state index contributed by atoms with van der Waals surface area (Å²) in [7, 11) is 1.26. The van der Waals surface area contributed by atoms with E-state index in [-0.39, 0.29) is 21.3 Å². The Labute approximate surface area is 154 Å². The van der Waals surface area contributed by atoms with Gasteiger partial charge in [-0.25, -0.2) is 9.59 Å². The van der Waals surface area contributed by atoms with Gasteiger partial charge in [-0.15, -0.1) is 0 Å². The number of nitrogens with one attached hydrogen (secondary N) is 1. The lowest BCUT2D eigenvalue weighted by molar-refractivity contribution is 0.0473. The van der Waals surface area contributed by atoms with Gasteiger partial charge in [-0.1, -0.05) is 23.2 Å². The van der Waals surface area contributed by atoms with Gasteiger partial charge in [0.2, 0.25) is 5.78 Å². The predicted molar refractivity (Wildman–Crippen MR) is 92.7 cm³/mol. The molecule has 0 saturated carbocycles. The molecule has 6 nitrogen and oxygen atoms in total. The summed E-state index contributed by atoms with van der Waals surface area (Å²) in [6.07, 6.45) is 0. The molecule has 0 radical (unpaired) electrons. The van der Waals surface area contributed by atoms with Crippen LogP contribution in [-0.2, 0) is 9.47 Å². The molecule has 0 amide bonds. The number of Topliss-reactive ketones (excluding diaryl/α,β-unsaturated/α-hetero) is 1. The molecule has 0 unspecified atom stereocenters. The number of hydrogen-bond donors (Lipinski definition) is 1. The number of aryl methyl sites for hydroxylation is 1. The fourth-order valence-corrected chi connectivity index (χ4v) is 2.92. The van der Waals surface area contributed by atoms with E-state index in [1.54, 1.807) is 13.8 Å². The van der Waals surface area contributed by atoms with Crippen LogP contribution in [0.3, 0.4) is 0 Å². The summed E-state index contributed by atoms with van der Waals surface area (Å²) in [6.45, 7) is 2.77. The SMILES string of the molecule is COC(=O)c1c(C)[nH]c(C(=O)COC(=O)c2cc(Cl)cc(Cl)c2)c1C. The maximum Gasteiger partial charge on any atom is 0.339 e. The first-order valence-electron chi connectivity index (χ1n) is 7.18. The van der Waals surface area contributed by atoms with Gasteiger partial charge in [-0.05, 0) is 37.6 Å². The molecule has 0 aliphatic heterocycles. The van der Waals surface area contributed by atoms with Crippen molar-refractivity contribution in [3.05, 3.63) is 56.3 Å². The number of ether oxygens (including phenoxy) is 2. The van der Waals surface area contributed by atoms with Crippen LogP contribution in [0.2, 0.25) is 10.0 Å². The number of hydrogen-bond acceptors (Lipinski definition) is 5. The van der Waals surface area contributed by atoms with Crippen LogP contribution in [-0.4, -0.2) is 36.4 Å². The van der Waals surface area contributed by atoms with Gasteiger partial charge in [0, 0.05) is 15.7 Å². The average molecular weight is 384 g/mol. The second-order valence-electron chi connectivity index (χ2n) is 5.27. The van der Waals surface area contributed by atoms with Crippen molar-refractivity contribution in [2.75, 3.05) is 13.7 Å². The van der Waals surface area contributed by atoms with E-state index in [0.717, 1.165) is 0 Å². The first kappa shape index (κ1) is 19.0. The smallest absolute Gasteiger partial charge is 0.339 e. The van der Waals surface area contributed by atoms with Crippen molar-refractivity contribution in [3.63, 3.8) is 0 Å². The lowest BCUT2D eigenvalue weighted by Gasteiger charge is -2.05. The Bertz CT molecular complexity index is 837. The van der Waals surface area contributed by atoms with Crippen LogP contribution in [0.5, 0.6) is 0 Å². The molecule has 0 saturated heterocycles. The summed E-state index contributed by atoms with van der Waals surface area (Å²) in [5.41, 5.74) is 1.56. The molecule has 2 rings (SSSR count). The van der Waals surface area contributed by atoms with E-state index in [2.05, 4.69) is 9.72 Å². The quantitative estimate of drug-likeness (QED) is 0.627. The van der Waals surface area contributed by atoms with Crippen LogP contribution in [0.15, 0.2) is 18.2 Å². The van der Waals surface area contributed by atoms with Crippen molar-refractivity contribution in [1.82, 2.24) is 4.98 Å². The molecule has 1 aromatic heterocycles. The molecule has 0 spiro atoms. The van der Waals surface area contributed by atoms with Gasteiger partial charge in [-0.2, -0.15) is 0 Å². The summed E-state index contributed by atoms with van der Waals surface area (Å²) in [4.78, 5) is 38.9. The molecule has 0 atom stereocenters. The Hall–Kier alpha value is -2.31. The number of aromatic nitrogens is 1. The Morgan fingerprint density at radius 3 is 2.20 bits per heavy atom. The number of aromatic amines is 1. The third-order valence-electron chi connectivity index (χ3n) is 3.54. The maximum atomic E-state index is 12.3. The van der Waals surface area contributed by atoms with E-state index < -0.39 is 24.3 Å². The van der Waals surface area contributed by atoms with Crippen molar-refractivity contribution < 1.29 is 23.9 Å². The molecule has 25 heavy (non-hydrogen) atoms. The zero-order chi connectivity index (χ0) is 18.7. The number of esters is 2. The molecule has 0 fully saturated rings. The van der Waals surface area contributed by atoms with Crippen LogP contribution in [0.4, 0.5) is 0 Å². The van der Waals surface area contributed by atoms with Gasteiger partial charge in [0.05, 0.1) is 23.9 Å². The molecule has 8 heteroatoms. The van der Waals surface area contributed by atoms with E-state index in [4.69, 9.17) is 27.9 Å². The van der Waals surface area contributed by atoms with Gasteiger partial charge < -0.3 is 14.5 Å². The van der Waals surface area contributed by atoms with Crippen molar-refractivity contribution >= 4 is 40.9 Å². The number of benzene rings is 1. The fourth-order valence-electron chi connectivity index (χ4n) is 2.40. The van der Waals surface area contributed by atoms with Crippen molar-refractivity contribution in [1.29, 1.82) is 0 Å². The highest BCUT2D eigenvalue weighted by Crippen LogP contribution is 2.21. The third-order valence-corrected chi connectivity index (χ3v) is 3.97. The number of carbonyl (C=O) groups is 3. The highest BCUT2D eigenvalue weighted by molar-refractivity contribution is 6.35. The Balaban J connectivity index is 2.13. The Kier molecular flexibility index (Phi) is 5.87. The third kappa shape index (κ3) is 4.21. The number of carbonyl (C=O) groups excluding carboxylic acids is 3. The van der Waals surface area contributed by atoms with Crippen LogP contribution in [0.25, 0.3) is 0 Å². The van der Waals surface area contributed by atoms with Crippen LogP contribution < -0.4 is 0 Å². The van der Waals surface area contributed by atoms with E-state index in [1.807, 2.05) is 0 Å². The highest BCUT2D eigenvalue weighted by Gasteiger charge is 2.23. The van der Waals surface area contributed by atoms with Crippen LogP contribution in [0.1, 0.15) is 42.5 Å². The normalized spacial score (nSPS) is 10.4.